The Morgan fingerprint density at radius 3 is 2.00 bits per heavy atom. The first-order valence-corrected chi connectivity index (χ1v) is 9.94. The maximum absolute atomic E-state index is 2.71. The van der Waals surface area contributed by atoms with E-state index in [-0.39, 0.29) is 0 Å². The maximum atomic E-state index is 2.71. The molecule has 1 aromatic rings. The van der Waals surface area contributed by atoms with E-state index in [9.17, 15) is 0 Å². The Bertz CT molecular complexity index is 657. The molecule has 7 aliphatic rings. The smallest absolute Gasteiger partial charge is 0.00380 e. The molecule has 0 nitrogen and oxygen atoms in total. The van der Waals surface area contributed by atoms with Crippen molar-refractivity contribution in [3.63, 3.8) is 0 Å². The van der Waals surface area contributed by atoms with Crippen LogP contribution in [0.4, 0.5) is 0 Å². The van der Waals surface area contributed by atoms with Gasteiger partial charge in [-0.05, 0) is 89.4 Å². The first kappa shape index (κ1) is 13.5. The number of hydrogen-bond donors (Lipinski definition) is 0. The second-order valence-corrected chi connectivity index (χ2v) is 11.1. The van der Waals surface area contributed by atoms with Gasteiger partial charge < -0.3 is 0 Å². The molecule has 0 spiro atoms. The lowest BCUT2D eigenvalue weighted by Gasteiger charge is -2.82. The molecule has 0 saturated heterocycles. The van der Waals surface area contributed by atoms with Gasteiger partial charge in [-0.2, -0.15) is 0 Å². The molecular weight excluding hydrogens is 276 g/mol. The second-order valence-electron chi connectivity index (χ2n) is 11.1. The van der Waals surface area contributed by atoms with Crippen molar-refractivity contribution >= 4 is 0 Å². The van der Waals surface area contributed by atoms with Gasteiger partial charge in [-0.1, -0.05) is 51.1 Å². The summed E-state index contributed by atoms with van der Waals surface area (Å²) in [5, 5.41) is 0. The van der Waals surface area contributed by atoms with E-state index < -0.39 is 0 Å². The van der Waals surface area contributed by atoms with Gasteiger partial charge in [0.05, 0.1) is 0 Å². The van der Waals surface area contributed by atoms with Crippen molar-refractivity contribution in [1.29, 1.82) is 0 Å². The van der Waals surface area contributed by atoms with E-state index in [2.05, 4.69) is 51.1 Å². The highest BCUT2D eigenvalue weighted by Crippen LogP contribution is 2.84. The number of rotatable bonds is 1. The van der Waals surface area contributed by atoms with Gasteiger partial charge in [0, 0.05) is 0 Å². The van der Waals surface area contributed by atoms with Gasteiger partial charge in [0.2, 0.25) is 0 Å². The number of hydrogen-bond acceptors (Lipinski definition) is 0. The van der Waals surface area contributed by atoms with Crippen LogP contribution < -0.4 is 0 Å². The lowest BCUT2D eigenvalue weighted by Crippen LogP contribution is -2.75. The van der Waals surface area contributed by atoms with Crippen molar-refractivity contribution in [2.45, 2.75) is 64.7 Å². The zero-order chi connectivity index (χ0) is 15.7. The predicted molar refractivity (Wildman–Crippen MR) is 94.1 cm³/mol. The van der Waals surface area contributed by atoms with Crippen LogP contribution in [-0.4, -0.2) is 0 Å². The van der Waals surface area contributed by atoms with Crippen LogP contribution in [-0.2, 0) is 5.41 Å². The molecule has 4 unspecified atom stereocenters. The molecule has 7 aliphatic carbocycles. The van der Waals surface area contributed by atoms with Crippen LogP contribution >= 0.6 is 0 Å². The molecule has 0 radical (unpaired) electrons. The lowest BCUT2D eigenvalue weighted by atomic mass is 9.23. The SMILES string of the molecule is CC12CC3C4CC5(c6ccccc6)CC3C(C)(C1)C(C5)C4(C)C2. The Labute approximate surface area is 141 Å². The Kier molecular flexibility index (Phi) is 2.10. The summed E-state index contributed by atoms with van der Waals surface area (Å²) in [6, 6.07) is 11.6. The molecule has 4 atom stereocenters. The van der Waals surface area contributed by atoms with Crippen molar-refractivity contribution < 1.29 is 0 Å². The molecule has 0 aromatic heterocycles. The molecule has 8 rings (SSSR count). The van der Waals surface area contributed by atoms with E-state index in [1.54, 1.807) is 12.0 Å². The van der Waals surface area contributed by atoms with Crippen LogP contribution in [0.15, 0.2) is 30.3 Å². The third-order valence-electron chi connectivity index (χ3n) is 9.87. The van der Waals surface area contributed by atoms with E-state index in [0.29, 0.717) is 21.7 Å². The molecule has 0 amide bonds. The fourth-order valence-electron chi connectivity index (χ4n) is 9.80. The van der Waals surface area contributed by atoms with Gasteiger partial charge in [0.25, 0.3) is 0 Å². The zero-order valence-electron chi connectivity index (χ0n) is 14.9. The zero-order valence-corrected chi connectivity index (χ0v) is 14.9. The molecule has 1 aromatic carbocycles. The average molecular weight is 306 g/mol. The van der Waals surface area contributed by atoms with Crippen LogP contribution in [0.2, 0.25) is 0 Å². The molecule has 7 fully saturated rings. The summed E-state index contributed by atoms with van der Waals surface area (Å²) >= 11 is 0. The van der Waals surface area contributed by atoms with E-state index in [1.165, 1.54) is 32.1 Å². The third-order valence-corrected chi connectivity index (χ3v) is 9.87. The average Bonchev–Trinajstić information content (AvgIpc) is 2.52. The van der Waals surface area contributed by atoms with Crippen molar-refractivity contribution in [3.8, 4) is 0 Å². The minimum Gasteiger partial charge on any atom is -0.0622 e. The van der Waals surface area contributed by atoms with Gasteiger partial charge >= 0.3 is 0 Å². The largest absolute Gasteiger partial charge is 0.0622 e. The van der Waals surface area contributed by atoms with E-state index in [0.717, 1.165) is 23.7 Å². The van der Waals surface area contributed by atoms with E-state index in [4.69, 9.17) is 0 Å². The van der Waals surface area contributed by atoms with Crippen molar-refractivity contribution in [3.05, 3.63) is 35.9 Å². The minimum absolute atomic E-state index is 0.530. The fourth-order valence-corrected chi connectivity index (χ4v) is 9.80. The van der Waals surface area contributed by atoms with E-state index in [1.807, 2.05) is 0 Å². The van der Waals surface area contributed by atoms with Gasteiger partial charge in [-0.15, -0.1) is 0 Å². The van der Waals surface area contributed by atoms with Gasteiger partial charge in [0.1, 0.15) is 0 Å². The summed E-state index contributed by atoms with van der Waals surface area (Å²) in [4.78, 5) is 0. The summed E-state index contributed by atoms with van der Waals surface area (Å²) in [5.74, 6) is 4.06. The summed E-state index contributed by atoms with van der Waals surface area (Å²) in [6.45, 7) is 8.05. The highest BCUT2D eigenvalue weighted by atomic mass is 14.8. The van der Waals surface area contributed by atoms with Crippen LogP contribution in [0.25, 0.3) is 0 Å². The lowest BCUT2D eigenvalue weighted by molar-refractivity contribution is -0.315. The Morgan fingerprint density at radius 2 is 1.39 bits per heavy atom. The summed E-state index contributed by atoms with van der Waals surface area (Å²) < 4.78 is 0. The maximum Gasteiger partial charge on any atom is -0.00380 e. The third kappa shape index (κ3) is 1.31. The molecule has 0 heteroatoms. The van der Waals surface area contributed by atoms with Crippen LogP contribution in [0.1, 0.15) is 64.9 Å². The van der Waals surface area contributed by atoms with Crippen molar-refractivity contribution in [1.82, 2.24) is 0 Å². The highest BCUT2D eigenvalue weighted by molar-refractivity contribution is 5.35. The molecular formula is C23H30. The fraction of sp³-hybridized carbons (Fsp3) is 0.739. The number of benzene rings is 1. The molecule has 0 N–H and O–H groups in total. The Hall–Kier alpha value is -0.780. The Balaban J connectivity index is 1.54. The first-order chi connectivity index (χ1) is 10.9. The van der Waals surface area contributed by atoms with Gasteiger partial charge in [-0.3, -0.25) is 0 Å². The summed E-state index contributed by atoms with van der Waals surface area (Å²) in [7, 11) is 0. The minimum atomic E-state index is 0.530. The van der Waals surface area contributed by atoms with Crippen LogP contribution in [0.5, 0.6) is 0 Å². The molecule has 23 heavy (non-hydrogen) atoms. The topological polar surface area (TPSA) is 0 Å². The molecule has 7 saturated carbocycles. The van der Waals surface area contributed by atoms with Crippen molar-refractivity contribution in [2.24, 2.45) is 39.9 Å². The van der Waals surface area contributed by atoms with Crippen LogP contribution in [0.3, 0.4) is 0 Å². The highest BCUT2D eigenvalue weighted by Gasteiger charge is 2.77. The summed E-state index contributed by atoms with van der Waals surface area (Å²) in [6.07, 6.45) is 9.08. The second kappa shape index (κ2) is 3.58. The van der Waals surface area contributed by atoms with Gasteiger partial charge in [0.15, 0.2) is 0 Å². The summed E-state index contributed by atoms with van der Waals surface area (Å²) in [5.41, 5.74) is 4.18. The Morgan fingerprint density at radius 1 is 0.783 bits per heavy atom. The standard InChI is InChI=1S/C23H30/c1-20-9-16-17-10-23(15-7-5-4-6-8-15)11-18(16)22(3,14-20)19(12-23)21(17,2)13-20/h4-8,16-19H,9-14H2,1-3H3. The van der Waals surface area contributed by atoms with Gasteiger partial charge in [-0.25, -0.2) is 0 Å². The van der Waals surface area contributed by atoms with Crippen LogP contribution in [0, 0.1) is 39.9 Å². The predicted octanol–water partition coefficient (Wildman–Crippen LogP) is 5.82. The molecule has 0 aliphatic heterocycles. The normalized spacial score (nSPS) is 61.3. The molecule has 122 valence electrons. The monoisotopic (exact) mass is 306 g/mol. The van der Waals surface area contributed by atoms with Crippen molar-refractivity contribution in [2.75, 3.05) is 0 Å². The molecule has 0 heterocycles. The quantitative estimate of drug-likeness (QED) is 0.613. The van der Waals surface area contributed by atoms with E-state index >= 15 is 0 Å². The molecule has 8 bridgehead atoms. The first-order valence-electron chi connectivity index (χ1n) is 9.94.